The quantitative estimate of drug-likeness (QED) is 0.808. The van der Waals surface area contributed by atoms with E-state index in [4.69, 9.17) is 11.6 Å². The van der Waals surface area contributed by atoms with Crippen LogP contribution >= 0.6 is 11.6 Å². The number of aliphatic hydroxyl groups excluding tert-OH is 1. The molecule has 7 heteroatoms. The minimum atomic E-state index is -0.462. The summed E-state index contributed by atoms with van der Waals surface area (Å²) >= 11 is 5.85. The normalized spacial score (nSPS) is 12.9. The van der Waals surface area contributed by atoms with Crippen molar-refractivity contribution in [3.05, 3.63) is 11.6 Å². The number of aromatic nitrogens is 4. The van der Waals surface area contributed by atoms with Gasteiger partial charge in [0.05, 0.1) is 12.4 Å². The van der Waals surface area contributed by atoms with Gasteiger partial charge in [0.25, 0.3) is 0 Å². The van der Waals surface area contributed by atoms with E-state index in [1.165, 1.54) is 0 Å². The van der Waals surface area contributed by atoms with E-state index in [1.54, 1.807) is 13.3 Å². The molecule has 6 nitrogen and oxygen atoms in total. The number of nitrogens with zero attached hydrogens (tertiary/aromatic N) is 4. The van der Waals surface area contributed by atoms with Gasteiger partial charge >= 0.3 is 0 Å². The summed E-state index contributed by atoms with van der Waals surface area (Å²) in [7, 11) is 0. The van der Waals surface area contributed by atoms with E-state index in [9.17, 15) is 5.11 Å². The van der Waals surface area contributed by atoms with Crippen LogP contribution in [0.15, 0.2) is 6.33 Å². The van der Waals surface area contributed by atoms with Gasteiger partial charge in [-0.15, -0.1) is 0 Å². The number of aliphatic hydroxyl groups is 1. The first-order valence-corrected chi connectivity index (χ1v) is 6.30. The Bertz CT molecular complexity index is 539. The maximum absolute atomic E-state index is 9.32. The number of hydrogen-bond donors (Lipinski definition) is 2. The van der Waals surface area contributed by atoms with Gasteiger partial charge in [-0.1, -0.05) is 6.92 Å². The molecule has 1 atom stereocenters. The van der Waals surface area contributed by atoms with Gasteiger partial charge in [-0.2, -0.15) is 9.97 Å². The summed E-state index contributed by atoms with van der Waals surface area (Å²) < 4.78 is 1.98. The molecule has 0 aliphatic rings. The van der Waals surface area contributed by atoms with Crippen LogP contribution < -0.4 is 5.32 Å². The van der Waals surface area contributed by atoms with Crippen molar-refractivity contribution < 1.29 is 5.11 Å². The Morgan fingerprint density at radius 2 is 2.28 bits per heavy atom. The molecular formula is C11H16ClN5O. The van der Waals surface area contributed by atoms with E-state index in [0.717, 1.165) is 18.5 Å². The lowest BCUT2D eigenvalue weighted by Crippen LogP contribution is -2.17. The fourth-order valence-corrected chi connectivity index (χ4v) is 1.90. The highest BCUT2D eigenvalue weighted by molar-refractivity contribution is 6.28. The van der Waals surface area contributed by atoms with Crippen molar-refractivity contribution in [2.75, 3.05) is 11.9 Å². The fraction of sp³-hybridized carbons (Fsp3) is 0.545. The zero-order valence-electron chi connectivity index (χ0n) is 10.4. The molecule has 18 heavy (non-hydrogen) atoms. The average Bonchev–Trinajstić information content (AvgIpc) is 2.69. The zero-order chi connectivity index (χ0) is 13.1. The Balaban J connectivity index is 2.43. The molecule has 2 aromatic heterocycles. The second-order valence-corrected chi connectivity index (χ2v) is 4.52. The molecule has 2 N–H and O–H groups in total. The second kappa shape index (κ2) is 5.49. The highest BCUT2D eigenvalue weighted by Gasteiger charge is 2.12. The lowest BCUT2D eigenvalue weighted by atomic mass is 10.4. The van der Waals surface area contributed by atoms with Gasteiger partial charge in [0.1, 0.15) is 5.52 Å². The average molecular weight is 270 g/mol. The number of nitrogens with one attached hydrogen (secondary N) is 1. The first-order valence-electron chi connectivity index (χ1n) is 5.92. The molecule has 98 valence electrons. The van der Waals surface area contributed by atoms with Crippen molar-refractivity contribution in [1.82, 2.24) is 19.5 Å². The summed E-state index contributed by atoms with van der Waals surface area (Å²) in [5, 5.41) is 12.5. The molecule has 0 radical (unpaired) electrons. The highest BCUT2D eigenvalue weighted by atomic mass is 35.5. The van der Waals surface area contributed by atoms with Crippen molar-refractivity contribution >= 4 is 28.6 Å². The van der Waals surface area contributed by atoms with Crippen molar-refractivity contribution in [3.8, 4) is 0 Å². The standard InChI is InChI=1S/C11H16ClN5O/c1-3-4-17-6-14-10-8(17)9(13-5-7(2)18)15-11(12)16-10/h6-7,18H,3-5H2,1-2H3,(H,13,15,16). The van der Waals surface area contributed by atoms with Gasteiger partial charge < -0.3 is 15.0 Å². The van der Waals surface area contributed by atoms with Crippen LogP contribution in [0.5, 0.6) is 0 Å². The van der Waals surface area contributed by atoms with Crippen molar-refractivity contribution in [3.63, 3.8) is 0 Å². The summed E-state index contributed by atoms with van der Waals surface area (Å²) in [4.78, 5) is 12.5. The minimum Gasteiger partial charge on any atom is -0.392 e. The van der Waals surface area contributed by atoms with E-state index >= 15 is 0 Å². The topological polar surface area (TPSA) is 75.9 Å². The number of aryl methyl sites for hydroxylation is 1. The third-order valence-corrected chi connectivity index (χ3v) is 2.64. The third-order valence-electron chi connectivity index (χ3n) is 2.47. The van der Waals surface area contributed by atoms with Crippen molar-refractivity contribution in [2.45, 2.75) is 32.9 Å². The molecular weight excluding hydrogens is 254 g/mol. The first-order chi connectivity index (χ1) is 8.61. The second-order valence-electron chi connectivity index (χ2n) is 4.18. The van der Waals surface area contributed by atoms with Gasteiger partial charge in [0, 0.05) is 13.1 Å². The van der Waals surface area contributed by atoms with Gasteiger partial charge in [0.15, 0.2) is 11.5 Å². The Labute approximate surface area is 110 Å². The highest BCUT2D eigenvalue weighted by Crippen LogP contribution is 2.21. The van der Waals surface area contributed by atoms with Gasteiger partial charge in [-0.05, 0) is 24.9 Å². The minimum absolute atomic E-state index is 0.150. The Kier molecular flexibility index (Phi) is 3.98. The summed E-state index contributed by atoms with van der Waals surface area (Å²) in [6, 6.07) is 0. The molecule has 0 amide bonds. The van der Waals surface area contributed by atoms with Crippen LogP contribution in [0.1, 0.15) is 20.3 Å². The van der Waals surface area contributed by atoms with Crippen LogP contribution in [0.3, 0.4) is 0 Å². The van der Waals surface area contributed by atoms with Gasteiger partial charge in [-0.3, -0.25) is 0 Å². The van der Waals surface area contributed by atoms with Crippen LogP contribution in [0, 0.1) is 0 Å². The van der Waals surface area contributed by atoms with E-state index in [1.807, 2.05) is 4.57 Å². The van der Waals surface area contributed by atoms with Crippen LogP contribution in [0.2, 0.25) is 5.28 Å². The maximum atomic E-state index is 9.32. The molecule has 0 aliphatic carbocycles. The van der Waals surface area contributed by atoms with Crippen LogP contribution in [0.4, 0.5) is 5.82 Å². The zero-order valence-corrected chi connectivity index (χ0v) is 11.1. The molecule has 0 aliphatic heterocycles. The molecule has 2 aromatic rings. The summed E-state index contributed by atoms with van der Waals surface area (Å²) in [6.45, 7) is 5.03. The summed E-state index contributed by atoms with van der Waals surface area (Å²) in [5.41, 5.74) is 1.39. The monoisotopic (exact) mass is 269 g/mol. The molecule has 0 saturated carbocycles. The SMILES string of the molecule is CCCn1cnc2nc(Cl)nc(NCC(C)O)c21. The molecule has 0 bridgehead atoms. The molecule has 1 unspecified atom stereocenters. The van der Waals surface area contributed by atoms with Crippen LogP contribution in [-0.2, 0) is 6.54 Å². The number of imidazole rings is 1. The Hall–Kier alpha value is -1.40. The van der Waals surface area contributed by atoms with Crippen molar-refractivity contribution in [2.24, 2.45) is 0 Å². The summed E-state index contributed by atoms with van der Waals surface area (Å²) in [5.74, 6) is 0.608. The Morgan fingerprint density at radius 1 is 1.50 bits per heavy atom. The molecule has 0 aromatic carbocycles. The predicted octanol–water partition coefficient (Wildman–Crippen LogP) is 1.68. The first kappa shape index (κ1) is 13.0. The lowest BCUT2D eigenvalue weighted by molar-refractivity contribution is 0.208. The fourth-order valence-electron chi connectivity index (χ4n) is 1.73. The van der Waals surface area contributed by atoms with E-state index in [0.29, 0.717) is 18.0 Å². The van der Waals surface area contributed by atoms with Crippen LogP contribution in [-0.4, -0.2) is 37.3 Å². The van der Waals surface area contributed by atoms with E-state index < -0.39 is 6.10 Å². The van der Waals surface area contributed by atoms with E-state index in [-0.39, 0.29) is 5.28 Å². The third kappa shape index (κ3) is 2.70. The number of fused-ring (bicyclic) bond motifs is 1. The van der Waals surface area contributed by atoms with E-state index in [2.05, 4.69) is 27.2 Å². The van der Waals surface area contributed by atoms with Gasteiger partial charge in [-0.25, -0.2) is 4.98 Å². The van der Waals surface area contributed by atoms with Crippen molar-refractivity contribution in [1.29, 1.82) is 0 Å². The van der Waals surface area contributed by atoms with Crippen LogP contribution in [0.25, 0.3) is 11.2 Å². The molecule has 2 heterocycles. The summed E-state index contributed by atoms with van der Waals surface area (Å²) in [6.07, 6.45) is 2.26. The maximum Gasteiger partial charge on any atom is 0.226 e. The lowest BCUT2D eigenvalue weighted by Gasteiger charge is -2.10. The molecule has 0 spiro atoms. The number of hydrogen-bond acceptors (Lipinski definition) is 5. The number of halogens is 1. The largest absolute Gasteiger partial charge is 0.392 e. The predicted molar refractivity (Wildman–Crippen MR) is 70.8 cm³/mol. The molecule has 2 rings (SSSR count). The number of anilines is 1. The molecule has 0 saturated heterocycles. The number of rotatable bonds is 5. The van der Waals surface area contributed by atoms with Gasteiger partial charge in [0.2, 0.25) is 5.28 Å². The molecule has 0 fully saturated rings. The smallest absolute Gasteiger partial charge is 0.226 e. The Morgan fingerprint density at radius 3 is 2.94 bits per heavy atom.